The van der Waals surface area contributed by atoms with E-state index in [0.29, 0.717) is 80.7 Å². The minimum absolute atomic E-state index is 0.00612. The fraction of sp³-hybridized carbons (Fsp3) is 0.304. The number of hydrogen-bond donors (Lipinski definition) is 8. The van der Waals surface area contributed by atoms with Gasteiger partial charge in [-0.15, -0.1) is 0 Å². The second-order valence-corrected chi connectivity index (χ2v) is 31.5. The number of H-pyrrole nitrogens is 8. The first-order valence-electron chi connectivity index (χ1n) is 39.4. The van der Waals surface area contributed by atoms with Crippen molar-refractivity contribution >= 4 is 23.2 Å². The van der Waals surface area contributed by atoms with Crippen molar-refractivity contribution in [2.75, 3.05) is 0 Å². The van der Waals surface area contributed by atoms with E-state index in [4.69, 9.17) is 23.2 Å². The Balaban J connectivity index is 0.000000135. The number of halogens is 8. The third-order valence-corrected chi connectivity index (χ3v) is 24.1. The Hall–Kier alpha value is -11.4. The van der Waals surface area contributed by atoms with Gasteiger partial charge in [-0.3, -0.25) is 39.1 Å². The van der Waals surface area contributed by atoms with Crippen LogP contribution in [0.4, 0.5) is 26.3 Å². The summed E-state index contributed by atoms with van der Waals surface area (Å²) in [5, 5.41) is 0.294. The molecule has 0 aliphatic heterocycles. The molecule has 4 aliphatic rings. The molecule has 12 aromatic rings. The zero-order valence-electron chi connectivity index (χ0n) is 63.5. The molecule has 0 atom stereocenters. The van der Waals surface area contributed by atoms with E-state index in [1.54, 1.807) is 12.1 Å². The molecule has 4 aliphatic carbocycles. The summed E-state index contributed by atoms with van der Waals surface area (Å²) in [6.45, 7) is 0. The van der Waals surface area contributed by atoms with E-state index < -0.39 is 79.9 Å². The summed E-state index contributed by atoms with van der Waals surface area (Å²) in [5.41, 5.74) is 7.20. The topological polar surface area (TPSA) is 263 Å². The molecule has 8 N–H and O–H groups in total. The van der Waals surface area contributed by atoms with Crippen LogP contribution in [0.3, 0.4) is 0 Å². The Morgan fingerprint density at radius 2 is 0.569 bits per heavy atom. The van der Waals surface area contributed by atoms with Crippen molar-refractivity contribution in [1.82, 2.24) is 39.9 Å². The SMILES string of the molecule is O=c1[nH]c(C2CCC(c3ccccc3)CC2)c(Cc2ccc(F)c(Cl)c2)c(=O)[nH]1.O=c1[nH]c(C2CCC(c3ccccc3)CC2)c(Cc2ccc(F)cc2Cl)c(=O)[nH]1.O=c1[nH]c(C2CCC(c3ccccc3)CC2)c(Cc2ccc(F)cc2F)c(=O)[nH]1.O=c1[nH]c(C2CCC(c3ccccc3)CC2)c(Cc2cccc(F)c2F)c(=O)[nH]1. The maximum absolute atomic E-state index is 14.2. The minimum Gasteiger partial charge on any atom is -0.311 e. The molecule has 0 amide bonds. The van der Waals surface area contributed by atoms with Gasteiger partial charge in [-0.1, -0.05) is 175 Å². The summed E-state index contributed by atoms with van der Waals surface area (Å²) in [5.74, 6) is -2.02. The molecule has 600 valence electrons. The fourth-order valence-electron chi connectivity index (χ4n) is 17.4. The zero-order valence-corrected chi connectivity index (χ0v) is 65.0. The summed E-state index contributed by atoms with van der Waals surface area (Å²) in [6, 6.07) is 57.3. The molecule has 4 aromatic heterocycles. The Bertz CT molecular complexity index is 5720. The van der Waals surface area contributed by atoms with Gasteiger partial charge >= 0.3 is 22.8 Å². The Morgan fingerprint density at radius 1 is 0.259 bits per heavy atom. The molecule has 4 saturated carbocycles. The summed E-state index contributed by atoms with van der Waals surface area (Å²) in [6.07, 6.45) is 15.2. The molecule has 4 fully saturated rings. The average molecular weight is 1620 g/mol. The van der Waals surface area contributed by atoms with Gasteiger partial charge in [0.2, 0.25) is 0 Å². The third-order valence-electron chi connectivity index (χ3n) is 23.5. The molecule has 0 spiro atoms. The van der Waals surface area contributed by atoms with E-state index in [2.05, 4.69) is 113 Å². The van der Waals surface area contributed by atoms with Crippen LogP contribution in [-0.4, -0.2) is 39.9 Å². The third kappa shape index (κ3) is 20.8. The summed E-state index contributed by atoms with van der Waals surface area (Å²) < 4.78 is 81.9. The normalized spacial score (nSPS) is 19.2. The lowest BCUT2D eigenvalue weighted by Crippen LogP contribution is -2.30. The van der Waals surface area contributed by atoms with Crippen molar-refractivity contribution in [2.24, 2.45) is 0 Å². The number of nitrogens with one attached hydrogen (secondary N) is 8. The van der Waals surface area contributed by atoms with Crippen LogP contribution in [0.25, 0.3) is 0 Å². The molecule has 4 heterocycles. The predicted molar refractivity (Wildman–Crippen MR) is 439 cm³/mol. The van der Waals surface area contributed by atoms with Crippen molar-refractivity contribution < 1.29 is 26.3 Å². The number of hydrogen-bond acceptors (Lipinski definition) is 8. The van der Waals surface area contributed by atoms with Crippen LogP contribution >= 0.6 is 23.2 Å². The first-order chi connectivity index (χ1) is 56.0. The van der Waals surface area contributed by atoms with Gasteiger partial charge in [0.15, 0.2) is 11.6 Å². The van der Waals surface area contributed by atoms with E-state index in [0.717, 1.165) is 120 Å². The molecule has 8 aromatic carbocycles. The minimum atomic E-state index is -0.961. The van der Waals surface area contributed by atoms with Crippen LogP contribution < -0.4 is 45.0 Å². The maximum atomic E-state index is 14.2. The van der Waals surface area contributed by atoms with Crippen molar-refractivity contribution in [3.05, 3.63) is 412 Å². The van der Waals surface area contributed by atoms with Gasteiger partial charge in [0.1, 0.15) is 23.3 Å². The van der Waals surface area contributed by atoms with Crippen LogP contribution in [0.1, 0.15) is 240 Å². The molecule has 0 radical (unpaired) electrons. The van der Waals surface area contributed by atoms with Gasteiger partial charge in [0, 0.05) is 81.8 Å². The Morgan fingerprint density at radius 3 is 0.905 bits per heavy atom. The number of benzene rings is 8. The first kappa shape index (κ1) is 82.6. The van der Waals surface area contributed by atoms with Crippen LogP contribution in [0.5, 0.6) is 0 Å². The van der Waals surface area contributed by atoms with Crippen molar-refractivity contribution in [3.63, 3.8) is 0 Å². The molecule has 16 nitrogen and oxygen atoms in total. The smallest absolute Gasteiger partial charge is 0.311 e. The van der Waals surface area contributed by atoms with Gasteiger partial charge in [-0.2, -0.15) is 0 Å². The van der Waals surface area contributed by atoms with E-state index in [1.165, 1.54) is 70.8 Å². The van der Waals surface area contributed by atoms with Crippen LogP contribution in [-0.2, 0) is 25.7 Å². The van der Waals surface area contributed by atoms with E-state index in [1.807, 2.05) is 48.5 Å². The van der Waals surface area contributed by atoms with Crippen molar-refractivity contribution in [3.8, 4) is 0 Å². The number of aromatic amines is 8. The number of aromatic nitrogens is 8. The largest absolute Gasteiger partial charge is 0.325 e. The lowest BCUT2D eigenvalue weighted by molar-refractivity contribution is 0.388. The summed E-state index contributed by atoms with van der Waals surface area (Å²) in [4.78, 5) is 118. The highest BCUT2D eigenvalue weighted by atomic mass is 35.5. The van der Waals surface area contributed by atoms with Gasteiger partial charge in [-0.25, -0.2) is 45.5 Å². The molecule has 24 heteroatoms. The molecule has 116 heavy (non-hydrogen) atoms. The van der Waals surface area contributed by atoms with E-state index in [9.17, 15) is 64.7 Å². The Kier molecular flexibility index (Phi) is 27.3. The summed E-state index contributed by atoms with van der Waals surface area (Å²) in [7, 11) is 0. The second-order valence-electron chi connectivity index (χ2n) is 30.7. The highest BCUT2D eigenvalue weighted by Crippen LogP contribution is 2.45. The predicted octanol–water partition coefficient (Wildman–Crippen LogP) is 18.5. The molecular weight excluding hydrogens is 1530 g/mol. The van der Waals surface area contributed by atoms with Gasteiger partial charge in [0.25, 0.3) is 22.2 Å². The molecular formula is C92H88Cl2F6N8O8. The first-order valence-corrected chi connectivity index (χ1v) is 40.2. The van der Waals surface area contributed by atoms with E-state index >= 15 is 0 Å². The quantitative estimate of drug-likeness (QED) is 0.0430. The average Bonchev–Trinajstić information content (AvgIpc) is 0.810. The van der Waals surface area contributed by atoms with E-state index in [-0.39, 0.29) is 64.1 Å². The monoisotopic (exact) mass is 1620 g/mol. The fourth-order valence-corrected chi connectivity index (χ4v) is 17.9. The maximum Gasteiger partial charge on any atom is 0.325 e. The van der Waals surface area contributed by atoms with Crippen molar-refractivity contribution in [1.29, 1.82) is 0 Å². The van der Waals surface area contributed by atoms with Gasteiger partial charge in [-0.05, 0) is 231 Å². The number of rotatable bonds is 16. The van der Waals surface area contributed by atoms with Crippen LogP contribution in [0.15, 0.2) is 232 Å². The highest BCUT2D eigenvalue weighted by Gasteiger charge is 2.32. The molecule has 0 bridgehead atoms. The highest BCUT2D eigenvalue weighted by molar-refractivity contribution is 6.31. The Labute approximate surface area is 673 Å². The van der Waals surface area contributed by atoms with Crippen LogP contribution in [0.2, 0.25) is 10.0 Å². The lowest BCUT2D eigenvalue weighted by Gasteiger charge is -2.29. The molecule has 16 rings (SSSR count). The lowest BCUT2D eigenvalue weighted by atomic mass is 9.76. The van der Waals surface area contributed by atoms with Gasteiger partial charge < -0.3 is 19.9 Å². The summed E-state index contributed by atoms with van der Waals surface area (Å²) >= 11 is 12.1. The second kappa shape index (κ2) is 38.4. The standard InChI is InChI=1S/2C23H22ClFN2O2.2C23H22F2N2O2/c24-19-13-14(6-11-20(19)25)12-18-21(26-23(29)27-22(18)28)17-9-7-16(8-10-17)15-4-2-1-3-5-15;24-20-13-18(25)11-10-17(20)12-19-21(26-23(29)27-22(19)28)16-8-6-15(7-9-16)14-4-2-1-3-5-14;24-19-8-4-7-17(20(19)25)13-18-21(26-23(29)27-22(18)28)16-11-9-15(10-12-16)14-5-2-1-3-6-14;24-18-11-10-17(20(25)13-18)12-19-21(26-23(29)27-22(19)28)16-8-6-15(7-9-16)14-4-2-1-3-5-14/h1-6,11,13,16-17H,7-10,12H2,(H2,26,27,28,29);1-5,10-11,13,15-16H,6-9,12H2,(H2,26,27,28,29);1-8,15-16H,9-13H2,(H2,26,27,28,29);1-5,10-11,13,15-16H,6-9,12H2,(H2,26,27,28,29). The van der Waals surface area contributed by atoms with Gasteiger partial charge in [0.05, 0.1) is 5.02 Å². The van der Waals surface area contributed by atoms with Crippen LogP contribution in [0, 0.1) is 34.9 Å². The zero-order chi connectivity index (χ0) is 81.5. The molecule has 0 saturated heterocycles. The molecule has 0 unspecified atom stereocenters. The van der Waals surface area contributed by atoms with Crippen molar-refractivity contribution in [2.45, 2.75) is 176 Å².